The van der Waals surface area contributed by atoms with Gasteiger partial charge in [0, 0.05) is 18.0 Å². The maximum Gasteiger partial charge on any atom is 0.279 e. The Hall–Kier alpha value is -1.76. The topological polar surface area (TPSA) is 68.1 Å². The summed E-state index contributed by atoms with van der Waals surface area (Å²) in [5, 5.41) is 8.85. The normalized spacial score (nSPS) is 17.3. The molecule has 124 valence electrons. The highest BCUT2D eigenvalue weighted by Gasteiger charge is 2.24. The predicted molar refractivity (Wildman–Crippen MR) is 90.8 cm³/mol. The van der Waals surface area contributed by atoms with Gasteiger partial charge in [-0.1, -0.05) is 12.1 Å². The van der Waals surface area contributed by atoms with Crippen LogP contribution < -0.4 is 5.56 Å². The zero-order chi connectivity index (χ0) is 16.6. The molecule has 1 aliphatic rings. The number of thiophene rings is 1. The number of carbonyl (C=O) groups excluding carboxylic acids is 1. The van der Waals surface area contributed by atoms with Crippen LogP contribution in [-0.4, -0.2) is 38.9 Å². The summed E-state index contributed by atoms with van der Waals surface area (Å²) in [6.45, 7) is 7.31. The van der Waals surface area contributed by atoms with E-state index in [0.717, 1.165) is 24.8 Å². The molecule has 0 N–H and O–H groups in total. The highest BCUT2D eigenvalue weighted by Crippen LogP contribution is 2.35. The molecule has 0 saturated carbocycles. The molecule has 0 saturated heterocycles. The molecule has 1 unspecified atom stereocenters. The first kappa shape index (κ1) is 16.1. The third-order valence-electron chi connectivity index (χ3n) is 4.59. The second kappa shape index (κ2) is 6.39. The Morgan fingerprint density at radius 2 is 2.13 bits per heavy atom. The summed E-state index contributed by atoms with van der Waals surface area (Å²) in [7, 11) is 0. The lowest BCUT2D eigenvalue weighted by Gasteiger charge is -2.18. The number of carbonyl (C=O) groups is 1. The Morgan fingerprint density at radius 3 is 2.83 bits per heavy atom. The predicted octanol–water partition coefficient (Wildman–Crippen LogP) is 1.85. The number of hydrogen-bond acceptors (Lipinski definition) is 5. The molecule has 0 fully saturated rings. The smallest absolute Gasteiger partial charge is 0.279 e. The van der Waals surface area contributed by atoms with Crippen molar-refractivity contribution in [2.75, 3.05) is 13.1 Å². The molecule has 1 aliphatic carbocycles. The van der Waals surface area contributed by atoms with Gasteiger partial charge >= 0.3 is 0 Å². The van der Waals surface area contributed by atoms with Gasteiger partial charge in [-0.15, -0.1) is 16.4 Å². The summed E-state index contributed by atoms with van der Waals surface area (Å²) in [6, 6.07) is 0. The first-order valence-electron chi connectivity index (χ1n) is 8.20. The van der Waals surface area contributed by atoms with Crippen LogP contribution in [0.1, 0.15) is 37.6 Å². The number of rotatable bonds is 4. The summed E-state index contributed by atoms with van der Waals surface area (Å²) < 4.78 is 1.22. The summed E-state index contributed by atoms with van der Waals surface area (Å²) >= 11 is 1.58. The molecular formula is C16H22N4O2S. The molecular weight excluding hydrogens is 312 g/mol. The lowest BCUT2D eigenvalue weighted by Crippen LogP contribution is -2.37. The van der Waals surface area contributed by atoms with Crippen LogP contribution in [-0.2, 0) is 24.2 Å². The number of aryl methyl sites for hydroxylation is 1. The molecule has 2 aromatic rings. The number of nitrogens with zero attached hydrogens (tertiary/aromatic N) is 4. The highest BCUT2D eigenvalue weighted by molar-refractivity contribution is 7.18. The third kappa shape index (κ3) is 2.89. The third-order valence-corrected chi connectivity index (χ3v) is 5.72. The van der Waals surface area contributed by atoms with E-state index in [1.54, 1.807) is 16.2 Å². The number of likely N-dealkylation sites (N-methyl/N-ethyl adjacent to an activating group) is 1. The van der Waals surface area contributed by atoms with Crippen molar-refractivity contribution in [3.05, 3.63) is 20.8 Å². The van der Waals surface area contributed by atoms with E-state index in [0.29, 0.717) is 29.2 Å². The summed E-state index contributed by atoms with van der Waals surface area (Å²) in [5.41, 5.74) is 0.953. The van der Waals surface area contributed by atoms with E-state index in [9.17, 15) is 9.59 Å². The molecule has 0 radical (unpaired) electrons. The summed E-state index contributed by atoms with van der Waals surface area (Å²) in [4.78, 5) is 28.7. The van der Waals surface area contributed by atoms with E-state index in [1.807, 2.05) is 13.8 Å². The van der Waals surface area contributed by atoms with Gasteiger partial charge in [0.25, 0.3) is 5.56 Å². The van der Waals surface area contributed by atoms with Crippen LogP contribution in [0, 0.1) is 5.92 Å². The van der Waals surface area contributed by atoms with E-state index in [2.05, 4.69) is 17.2 Å². The van der Waals surface area contributed by atoms with Crippen molar-refractivity contribution >= 4 is 27.5 Å². The molecule has 0 bridgehead atoms. The number of aromatic nitrogens is 3. The molecule has 6 nitrogen and oxygen atoms in total. The van der Waals surface area contributed by atoms with Crippen LogP contribution >= 0.6 is 11.3 Å². The zero-order valence-electron chi connectivity index (χ0n) is 13.8. The van der Waals surface area contributed by atoms with Crippen molar-refractivity contribution in [3.8, 4) is 0 Å². The average Bonchev–Trinajstić information content (AvgIpc) is 2.89. The number of amides is 1. The van der Waals surface area contributed by atoms with Gasteiger partial charge in [0.2, 0.25) is 5.91 Å². The second-order valence-corrected chi connectivity index (χ2v) is 7.23. The molecule has 7 heteroatoms. The van der Waals surface area contributed by atoms with Gasteiger partial charge < -0.3 is 4.90 Å². The molecule has 23 heavy (non-hydrogen) atoms. The van der Waals surface area contributed by atoms with Crippen molar-refractivity contribution < 1.29 is 4.79 Å². The average molecular weight is 334 g/mol. The highest BCUT2D eigenvalue weighted by atomic mass is 32.1. The van der Waals surface area contributed by atoms with Crippen molar-refractivity contribution in [1.82, 2.24) is 19.9 Å². The van der Waals surface area contributed by atoms with Crippen LogP contribution in [0.15, 0.2) is 4.79 Å². The maximum atomic E-state index is 12.8. The standard InChI is InChI=1S/C16H22N4O2S/c1-4-19(5-2)13(21)9-20-16(22)14-11-7-6-10(3)8-12(11)23-15(14)17-18-20/h10H,4-9H2,1-3H3. The van der Waals surface area contributed by atoms with Crippen LogP contribution in [0.25, 0.3) is 10.2 Å². The lowest BCUT2D eigenvalue weighted by molar-refractivity contribution is -0.131. The van der Waals surface area contributed by atoms with E-state index in [-0.39, 0.29) is 18.0 Å². The Morgan fingerprint density at radius 1 is 1.39 bits per heavy atom. The minimum atomic E-state index is -0.178. The van der Waals surface area contributed by atoms with Crippen LogP contribution in [0.3, 0.4) is 0 Å². The fourth-order valence-electron chi connectivity index (χ4n) is 3.20. The summed E-state index contributed by atoms with van der Waals surface area (Å²) in [5.74, 6) is 0.554. The molecule has 0 aliphatic heterocycles. The fraction of sp³-hybridized carbons (Fsp3) is 0.625. The van der Waals surface area contributed by atoms with Gasteiger partial charge in [0.1, 0.15) is 6.54 Å². The van der Waals surface area contributed by atoms with Crippen LogP contribution in [0.4, 0.5) is 0 Å². The summed E-state index contributed by atoms with van der Waals surface area (Å²) in [6.07, 6.45) is 3.02. The van der Waals surface area contributed by atoms with Gasteiger partial charge in [-0.25, -0.2) is 4.68 Å². The van der Waals surface area contributed by atoms with Crippen molar-refractivity contribution in [2.24, 2.45) is 5.92 Å². The van der Waals surface area contributed by atoms with Crippen molar-refractivity contribution in [2.45, 2.75) is 46.6 Å². The first-order valence-corrected chi connectivity index (χ1v) is 9.02. The quantitative estimate of drug-likeness (QED) is 0.856. The number of fused-ring (bicyclic) bond motifs is 3. The van der Waals surface area contributed by atoms with Gasteiger partial charge in [-0.2, -0.15) is 0 Å². The monoisotopic (exact) mass is 334 g/mol. The first-order chi connectivity index (χ1) is 11.0. The molecule has 1 amide bonds. The Balaban J connectivity index is 1.99. The Labute approximate surface area is 139 Å². The van der Waals surface area contributed by atoms with E-state index in [4.69, 9.17) is 0 Å². The zero-order valence-corrected chi connectivity index (χ0v) is 14.7. The lowest BCUT2D eigenvalue weighted by atomic mass is 9.89. The van der Waals surface area contributed by atoms with E-state index >= 15 is 0 Å². The maximum absolute atomic E-state index is 12.8. The van der Waals surface area contributed by atoms with Crippen molar-refractivity contribution in [1.29, 1.82) is 0 Å². The molecule has 2 aromatic heterocycles. The Kier molecular flexibility index (Phi) is 4.48. The van der Waals surface area contributed by atoms with Gasteiger partial charge in [0.05, 0.1) is 5.39 Å². The molecule has 0 aromatic carbocycles. The fourth-order valence-corrected chi connectivity index (χ4v) is 4.52. The van der Waals surface area contributed by atoms with Gasteiger partial charge in [-0.05, 0) is 44.6 Å². The molecule has 2 heterocycles. The van der Waals surface area contributed by atoms with E-state index in [1.165, 1.54) is 9.56 Å². The molecule has 0 spiro atoms. The molecule has 3 rings (SSSR count). The van der Waals surface area contributed by atoms with Crippen LogP contribution in [0.2, 0.25) is 0 Å². The van der Waals surface area contributed by atoms with Gasteiger partial charge in [0.15, 0.2) is 4.83 Å². The SMILES string of the molecule is CCN(CC)C(=O)Cn1nnc2sc3c(c2c1=O)CCC(C)C3. The second-order valence-electron chi connectivity index (χ2n) is 6.15. The minimum Gasteiger partial charge on any atom is -0.342 e. The van der Waals surface area contributed by atoms with Crippen molar-refractivity contribution in [3.63, 3.8) is 0 Å². The van der Waals surface area contributed by atoms with Gasteiger partial charge in [-0.3, -0.25) is 9.59 Å². The number of hydrogen-bond donors (Lipinski definition) is 0. The minimum absolute atomic E-state index is 0.0372. The van der Waals surface area contributed by atoms with E-state index < -0.39 is 0 Å². The molecule has 1 atom stereocenters. The largest absolute Gasteiger partial charge is 0.342 e. The van der Waals surface area contributed by atoms with Crippen LogP contribution in [0.5, 0.6) is 0 Å². The Bertz CT molecular complexity index is 791.